The van der Waals surface area contributed by atoms with Crippen LogP contribution in [0.3, 0.4) is 0 Å². The van der Waals surface area contributed by atoms with Crippen molar-refractivity contribution in [2.45, 2.75) is 13.0 Å². The number of nitrogens with zero attached hydrogens (tertiary/aromatic N) is 1. The summed E-state index contributed by atoms with van der Waals surface area (Å²) in [6, 6.07) is 12.0. The van der Waals surface area contributed by atoms with Crippen LogP contribution in [0, 0.1) is 0 Å². The van der Waals surface area contributed by atoms with Gasteiger partial charge in [0.1, 0.15) is 5.75 Å². The number of ether oxygens (including phenoxy) is 1. The van der Waals surface area contributed by atoms with Gasteiger partial charge >= 0.3 is 5.97 Å². The van der Waals surface area contributed by atoms with E-state index in [-0.39, 0.29) is 11.1 Å². The molecular weight excluding hydrogens is 258 g/mol. The largest absolute Gasteiger partial charge is 0.494 e. The second-order valence-corrected chi connectivity index (χ2v) is 4.27. The molecule has 0 bridgehead atoms. The lowest BCUT2D eigenvalue weighted by molar-refractivity contribution is 0.0696. The van der Waals surface area contributed by atoms with Gasteiger partial charge in [-0.3, -0.25) is 4.79 Å². The molecule has 20 heavy (non-hydrogen) atoms. The Morgan fingerprint density at radius 2 is 1.95 bits per heavy atom. The van der Waals surface area contributed by atoms with E-state index in [0.717, 1.165) is 11.8 Å². The van der Waals surface area contributed by atoms with Gasteiger partial charge in [-0.1, -0.05) is 18.2 Å². The third kappa shape index (κ3) is 3.71. The molecule has 1 N–H and O–H groups in total. The average Bonchev–Trinajstić information content (AvgIpc) is 2.46. The molecule has 5 heteroatoms. The van der Waals surface area contributed by atoms with Crippen molar-refractivity contribution in [1.29, 1.82) is 0 Å². The predicted molar refractivity (Wildman–Crippen MR) is 74.2 cm³/mol. The Morgan fingerprint density at radius 1 is 1.20 bits per heavy atom. The summed E-state index contributed by atoms with van der Waals surface area (Å²) >= 11 is 0. The van der Waals surface area contributed by atoms with E-state index >= 15 is 0 Å². The maximum absolute atomic E-state index is 11.7. The summed E-state index contributed by atoms with van der Waals surface area (Å²) in [7, 11) is 0. The second kappa shape index (κ2) is 6.56. The summed E-state index contributed by atoms with van der Waals surface area (Å²) in [5, 5.41) is 8.77. The SMILES string of the molecule is O=C(O)c1ccn(CCCOc2ccccc2)c(=O)c1. The monoisotopic (exact) mass is 273 g/mol. The Kier molecular flexibility index (Phi) is 4.55. The summed E-state index contributed by atoms with van der Waals surface area (Å²) in [4.78, 5) is 22.4. The standard InChI is InChI=1S/C15H15NO4/c17-14-11-12(15(18)19)7-9-16(14)8-4-10-20-13-5-2-1-3-6-13/h1-3,5-7,9,11H,4,8,10H2,(H,18,19). The number of hydrogen-bond acceptors (Lipinski definition) is 3. The number of rotatable bonds is 6. The Morgan fingerprint density at radius 3 is 2.60 bits per heavy atom. The van der Waals surface area contributed by atoms with Gasteiger partial charge in [0.15, 0.2) is 0 Å². The molecule has 2 rings (SSSR count). The van der Waals surface area contributed by atoms with Gasteiger partial charge in [0, 0.05) is 18.8 Å². The van der Waals surface area contributed by atoms with Crippen molar-refractivity contribution in [2.24, 2.45) is 0 Å². The second-order valence-electron chi connectivity index (χ2n) is 4.27. The Bertz CT molecular complexity index is 634. The minimum atomic E-state index is -1.10. The molecule has 1 heterocycles. The lowest BCUT2D eigenvalue weighted by Crippen LogP contribution is -2.21. The fourth-order valence-corrected chi connectivity index (χ4v) is 1.77. The van der Waals surface area contributed by atoms with E-state index in [1.807, 2.05) is 30.3 Å². The smallest absolute Gasteiger partial charge is 0.335 e. The highest BCUT2D eigenvalue weighted by Gasteiger charge is 2.04. The molecule has 0 spiro atoms. The van der Waals surface area contributed by atoms with Crippen LogP contribution in [0.1, 0.15) is 16.8 Å². The Hall–Kier alpha value is -2.56. The van der Waals surface area contributed by atoms with E-state index in [1.165, 1.54) is 16.8 Å². The topological polar surface area (TPSA) is 68.5 Å². The number of aryl methyl sites for hydroxylation is 1. The summed E-state index contributed by atoms with van der Waals surface area (Å²) in [5.74, 6) is -0.303. The lowest BCUT2D eigenvalue weighted by atomic mass is 10.2. The van der Waals surface area contributed by atoms with E-state index in [2.05, 4.69) is 0 Å². The zero-order valence-corrected chi connectivity index (χ0v) is 10.9. The van der Waals surface area contributed by atoms with Crippen LogP contribution in [0.5, 0.6) is 5.75 Å². The third-order valence-corrected chi connectivity index (χ3v) is 2.80. The van der Waals surface area contributed by atoms with Crippen LogP contribution in [-0.2, 0) is 6.54 Å². The number of aromatic carboxylic acids is 1. The number of para-hydroxylation sites is 1. The van der Waals surface area contributed by atoms with Gasteiger partial charge in [-0.2, -0.15) is 0 Å². The summed E-state index contributed by atoms with van der Waals surface area (Å²) < 4.78 is 6.99. The average molecular weight is 273 g/mol. The molecule has 0 fully saturated rings. The molecule has 104 valence electrons. The van der Waals surface area contributed by atoms with E-state index < -0.39 is 5.97 Å². The van der Waals surface area contributed by atoms with Crippen LogP contribution >= 0.6 is 0 Å². The van der Waals surface area contributed by atoms with Gasteiger partial charge in [0.2, 0.25) is 0 Å². The Balaban J connectivity index is 1.85. The van der Waals surface area contributed by atoms with Gasteiger partial charge in [-0.15, -0.1) is 0 Å². The van der Waals surface area contributed by atoms with Gasteiger partial charge in [0.05, 0.1) is 12.2 Å². The highest BCUT2D eigenvalue weighted by atomic mass is 16.5. The first-order valence-electron chi connectivity index (χ1n) is 6.28. The van der Waals surface area contributed by atoms with Crippen molar-refractivity contribution in [1.82, 2.24) is 4.57 Å². The zero-order chi connectivity index (χ0) is 14.4. The van der Waals surface area contributed by atoms with Crippen molar-refractivity contribution < 1.29 is 14.6 Å². The van der Waals surface area contributed by atoms with Gasteiger partial charge in [-0.05, 0) is 24.6 Å². The number of benzene rings is 1. The highest BCUT2D eigenvalue weighted by molar-refractivity contribution is 5.87. The van der Waals surface area contributed by atoms with E-state index in [4.69, 9.17) is 9.84 Å². The minimum absolute atomic E-state index is 0.00628. The number of carboxylic acid groups (broad SMARTS) is 1. The van der Waals surface area contributed by atoms with Crippen LogP contribution in [-0.4, -0.2) is 22.2 Å². The molecule has 1 aromatic heterocycles. The number of carbonyl (C=O) groups is 1. The highest BCUT2D eigenvalue weighted by Crippen LogP contribution is 2.08. The summed E-state index contributed by atoms with van der Waals surface area (Å²) in [6.45, 7) is 0.989. The van der Waals surface area contributed by atoms with Crippen LogP contribution in [0.15, 0.2) is 53.5 Å². The first-order valence-corrected chi connectivity index (χ1v) is 6.28. The molecule has 2 aromatic rings. The third-order valence-electron chi connectivity index (χ3n) is 2.80. The zero-order valence-electron chi connectivity index (χ0n) is 10.9. The van der Waals surface area contributed by atoms with Crippen molar-refractivity contribution in [3.05, 3.63) is 64.6 Å². The molecule has 0 saturated carbocycles. The lowest BCUT2D eigenvalue weighted by Gasteiger charge is -2.07. The minimum Gasteiger partial charge on any atom is -0.494 e. The van der Waals surface area contributed by atoms with Gasteiger partial charge in [-0.25, -0.2) is 4.79 Å². The number of pyridine rings is 1. The predicted octanol–water partition coefficient (Wildman–Crippen LogP) is 2.02. The van der Waals surface area contributed by atoms with Crippen molar-refractivity contribution in [3.63, 3.8) is 0 Å². The Labute approximate surface area is 116 Å². The molecular formula is C15H15NO4. The van der Waals surface area contributed by atoms with Crippen LogP contribution in [0.25, 0.3) is 0 Å². The molecule has 0 aliphatic heterocycles. The molecule has 5 nitrogen and oxygen atoms in total. The molecule has 0 aliphatic carbocycles. The normalized spacial score (nSPS) is 10.2. The van der Waals surface area contributed by atoms with Crippen LogP contribution < -0.4 is 10.3 Å². The van der Waals surface area contributed by atoms with Gasteiger partial charge in [0.25, 0.3) is 5.56 Å². The van der Waals surface area contributed by atoms with Crippen molar-refractivity contribution in [2.75, 3.05) is 6.61 Å². The first kappa shape index (κ1) is 13.9. The molecule has 1 aromatic carbocycles. The van der Waals surface area contributed by atoms with Crippen molar-refractivity contribution in [3.8, 4) is 5.75 Å². The molecule has 0 radical (unpaired) electrons. The fourth-order valence-electron chi connectivity index (χ4n) is 1.77. The molecule has 0 amide bonds. The molecule has 0 saturated heterocycles. The van der Waals surface area contributed by atoms with Crippen molar-refractivity contribution >= 4 is 5.97 Å². The maximum Gasteiger partial charge on any atom is 0.335 e. The van der Waals surface area contributed by atoms with Gasteiger partial charge < -0.3 is 14.4 Å². The fraction of sp³-hybridized carbons (Fsp3) is 0.200. The van der Waals surface area contributed by atoms with E-state index in [9.17, 15) is 9.59 Å². The molecule has 0 unspecified atom stereocenters. The first-order chi connectivity index (χ1) is 9.66. The van der Waals surface area contributed by atoms with E-state index in [1.54, 1.807) is 0 Å². The van der Waals surface area contributed by atoms with Crippen LogP contribution in [0.2, 0.25) is 0 Å². The number of carboxylic acids is 1. The number of aromatic nitrogens is 1. The molecule has 0 aliphatic rings. The quantitative estimate of drug-likeness (QED) is 0.817. The summed E-state index contributed by atoms with van der Waals surface area (Å²) in [6.07, 6.45) is 2.16. The molecule has 0 atom stereocenters. The van der Waals surface area contributed by atoms with Crippen LogP contribution in [0.4, 0.5) is 0 Å². The maximum atomic E-state index is 11.7. The summed E-state index contributed by atoms with van der Waals surface area (Å²) in [5.41, 5.74) is -0.309. The van der Waals surface area contributed by atoms with E-state index in [0.29, 0.717) is 19.6 Å². The number of hydrogen-bond donors (Lipinski definition) is 1.